The molecule has 0 unspecified atom stereocenters. The molecule has 14 N–H and O–H groups in total. The third-order valence-electron chi connectivity index (χ3n) is 8.59. The smallest absolute Gasteiger partial charge is 0.217 e. The van der Waals surface area contributed by atoms with Gasteiger partial charge in [-0.25, -0.2) is 0 Å². The van der Waals surface area contributed by atoms with Crippen LogP contribution >= 0.6 is 0 Å². The molecule has 20 atom stereocenters. The van der Waals surface area contributed by atoms with Crippen LogP contribution in [-0.4, -0.2) is 221 Å². The summed E-state index contributed by atoms with van der Waals surface area (Å²) >= 11 is 0. The summed E-state index contributed by atoms with van der Waals surface area (Å²) in [5, 5.41) is 136. The molecule has 4 saturated heterocycles. The molecule has 0 aromatic heterocycles. The summed E-state index contributed by atoms with van der Waals surface area (Å²) in [6.07, 6.45) is -33.5. The Morgan fingerprint density at radius 3 is 1.44 bits per heavy atom. The Balaban J connectivity index is 1.57. The molecule has 0 spiro atoms. The van der Waals surface area contributed by atoms with E-state index in [9.17, 15) is 71.2 Å². The number of hydrogen-bond acceptors (Lipinski definition) is 21. The van der Waals surface area contributed by atoms with Crippen LogP contribution in [-0.2, 0) is 38.0 Å². The molecule has 0 bridgehead atoms. The van der Waals surface area contributed by atoms with Gasteiger partial charge in [0, 0.05) is 6.92 Å². The maximum absolute atomic E-state index is 11.8. The second-order valence-corrected chi connectivity index (χ2v) is 11.9. The molecular weight excluding hydrogens is 662 g/mol. The third-order valence-corrected chi connectivity index (χ3v) is 8.59. The van der Waals surface area contributed by atoms with E-state index in [0.717, 1.165) is 6.92 Å². The number of rotatable bonds is 11. The van der Waals surface area contributed by atoms with Gasteiger partial charge in [-0.3, -0.25) is 4.79 Å². The summed E-state index contributed by atoms with van der Waals surface area (Å²) in [5.41, 5.74) is 0. The highest BCUT2D eigenvalue weighted by molar-refractivity contribution is 5.73. The van der Waals surface area contributed by atoms with E-state index < -0.39 is 155 Å². The van der Waals surface area contributed by atoms with Crippen molar-refractivity contribution in [3.05, 3.63) is 0 Å². The van der Waals surface area contributed by atoms with Gasteiger partial charge in [0.2, 0.25) is 5.91 Å². The van der Waals surface area contributed by atoms with Crippen LogP contribution in [0.15, 0.2) is 0 Å². The number of carbonyl (C=O) groups is 1. The van der Waals surface area contributed by atoms with E-state index in [-0.39, 0.29) is 0 Å². The van der Waals surface area contributed by atoms with Crippen LogP contribution < -0.4 is 5.32 Å². The van der Waals surface area contributed by atoms with Crippen LogP contribution in [0.3, 0.4) is 0 Å². The van der Waals surface area contributed by atoms with Gasteiger partial charge in [-0.05, 0) is 0 Å². The number of carbonyl (C=O) groups excluding carboxylic acids is 1. The molecule has 4 aliphatic rings. The van der Waals surface area contributed by atoms with Crippen molar-refractivity contribution in [1.82, 2.24) is 5.32 Å². The highest BCUT2D eigenvalue weighted by atomic mass is 16.8. The molecule has 4 rings (SSSR count). The SMILES string of the molecule is CC(=O)N[C@@H]1[C@@H](O)[C@H](O[C@@H]2O[C@H](CO)[C@H](O)[C@H](O)[C@H]2O)[C@@H](CO[C@@H]2O[C@H](CO)[C@H](O)[C@H](O)[C@H]2O[C@@H]2O[C@H](CO)[C@H](O)[C@H](O)[C@H]2O)O[C@H]1O. The van der Waals surface area contributed by atoms with Crippen molar-refractivity contribution in [1.29, 1.82) is 0 Å². The summed E-state index contributed by atoms with van der Waals surface area (Å²) in [4.78, 5) is 11.8. The van der Waals surface area contributed by atoms with Gasteiger partial charge in [0.15, 0.2) is 25.2 Å². The number of aliphatic hydroxyl groups is 13. The quantitative estimate of drug-likeness (QED) is 0.0947. The fourth-order valence-corrected chi connectivity index (χ4v) is 5.82. The van der Waals surface area contributed by atoms with Crippen molar-refractivity contribution in [2.45, 2.75) is 130 Å². The lowest BCUT2D eigenvalue weighted by Gasteiger charge is -2.48. The normalized spacial score (nSPS) is 50.2. The van der Waals surface area contributed by atoms with Crippen LogP contribution in [0.1, 0.15) is 6.92 Å². The monoisotopic (exact) mass is 707 g/mol. The molecule has 4 fully saturated rings. The molecular formula is C26H45NO21. The average Bonchev–Trinajstić information content (AvgIpc) is 3.06. The van der Waals surface area contributed by atoms with E-state index in [1.165, 1.54) is 0 Å². The van der Waals surface area contributed by atoms with Crippen LogP contribution in [0.5, 0.6) is 0 Å². The van der Waals surface area contributed by atoms with Crippen molar-refractivity contribution in [2.24, 2.45) is 0 Å². The van der Waals surface area contributed by atoms with Crippen molar-refractivity contribution in [3.8, 4) is 0 Å². The fourth-order valence-electron chi connectivity index (χ4n) is 5.82. The number of amides is 1. The maximum Gasteiger partial charge on any atom is 0.217 e. The molecule has 0 radical (unpaired) electrons. The molecule has 4 heterocycles. The molecule has 0 aliphatic carbocycles. The summed E-state index contributed by atoms with van der Waals surface area (Å²) in [5.74, 6) is -0.700. The molecule has 0 aromatic carbocycles. The average molecular weight is 708 g/mol. The minimum Gasteiger partial charge on any atom is -0.394 e. The predicted molar refractivity (Wildman–Crippen MR) is 145 cm³/mol. The summed E-state index contributed by atoms with van der Waals surface area (Å²) in [7, 11) is 0. The van der Waals surface area contributed by atoms with Crippen LogP contribution in [0, 0.1) is 0 Å². The Bertz CT molecular complexity index is 1030. The molecule has 4 aliphatic heterocycles. The van der Waals surface area contributed by atoms with Crippen molar-refractivity contribution in [3.63, 3.8) is 0 Å². The summed E-state index contributed by atoms with van der Waals surface area (Å²) < 4.78 is 38.8. The topological polar surface area (TPSA) is 357 Å². The predicted octanol–water partition coefficient (Wildman–Crippen LogP) is -9.61. The molecule has 280 valence electrons. The molecule has 0 aromatic rings. The lowest BCUT2D eigenvalue weighted by Crippen LogP contribution is -2.68. The zero-order valence-corrected chi connectivity index (χ0v) is 25.5. The minimum atomic E-state index is -1.95. The third kappa shape index (κ3) is 8.24. The van der Waals surface area contributed by atoms with E-state index >= 15 is 0 Å². The molecule has 1 amide bonds. The number of hydrogen-bond donors (Lipinski definition) is 14. The standard InChI is InChI=1S/C26H45NO21/c1-6(31)27-11-15(35)21(47-24-19(39)16(36)12(32)7(2-28)44-24)10(43-23(11)41)5-42-26-22(18(38)14(34)9(4-30)46-26)48-25-20(40)17(37)13(33)8(3-29)45-25/h7-26,28-30,32-41H,2-5H2,1H3,(H,27,31)/t7-,8-,9-,10-,11-,12+,13+,14+,15-,16+,17+,18+,19-,20-,21-,22-,23-,24+,25+,26-/m1/s1. The van der Waals surface area contributed by atoms with E-state index in [1.54, 1.807) is 0 Å². The van der Waals surface area contributed by atoms with E-state index in [2.05, 4.69) is 5.32 Å². The zero-order valence-electron chi connectivity index (χ0n) is 25.5. The van der Waals surface area contributed by atoms with Gasteiger partial charge in [0.1, 0.15) is 97.6 Å². The van der Waals surface area contributed by atoms with Crippen molar-refractivity contribution >= 4 is 5.91 Å². The highest BCUT2D eigenvalue weighted by Crippen LogP contribution is 2.32. The van der Waals surface area contributed by atoms with Crippen molar-refractivity contribution < 1.29 is 104 Å². The maximum atomic E-state index is 11.8. The first-order chi connectivity index (χ1) is 22.6. The molecule has 48 heavy (non-hydrogen) atoms. The van der Waals surface area contributed by atoms with Gasteiger partial charge in [0.25, 0.3) is 0 Å². The molecule has 22 heteroatoms. The van der Waals surface area contributed by atoms with Crippen LogP contribution in [0.25, 0.3) is 0 Å². The first kappa shape index (κ1) is 39.5. The van der Waals surface area contributed by atoms with Crippen LogP contribution in [0.2, 0.25) is 0 Å². The van der Waals surface area contributed by atoms with Crippen molar-refractivity contribution in [2.75, 3.05) is 26.4 Å². The second kappa shape index (κ2) is 16.8. The molecule has 22 nitrogen and oxygen atoms in total. The minimum absolute atomic E-state index is 0.700. The Labute approximate surface area is 272 Å². The lowest BCUT2D eigenvalue weighted by molar-refractivity contribution is -0.375. The Kier molecular flexibility index (Phi) is 13.8. The number of ether oxygens (including phenoxy) is 7. The van der Waals surface area contributed by atoms with Gasteiger partial charge in [-0.15, -0.1) is 0 Å². The Morgan fingerprint density at radius 2 is 0.979 bits per heavy atom. The van der Waals surface area contributed by atoms with Gasteiger partial charge >= 0.3 is 0 Å². The summed E-state index contributed by atoms with van der Waals surface area (Å²) in [6, 6.07) is -1.53. The van der Waals surface area contributed by atoms with E-state index in [1.807, 2.05) is 0 Å². The van der Waals surface area contributed by atoms with Gasteiger partial charge in [-0.1, -0.05) is 0 Å². The Morgan fingerprint density at radius 1 is 0.542 bits per heavy atom. The Hall–Kier alpha value is -1.33. The van der Waals surface area contributed by atoms with E-state index in [0.29, 0.717) is 0 Å². The first-order valence-electron chi connectivity index (χ1n) is 15.1. The van der Waals surface area contributed by atoms with Gasteiger partial charge in [0.05, 0.1) is 26.4 Å². The number of aliphatic hydroxyl groups excluding tert-OH is 13. The lowest BCUT2D eigenvalue weighted by atomic mass is 9.95. The fraction of sp³-hybridized carbons (Fsp3) is 0.962. The first-order valence-corrected chi connectivity index (χ1v) is 15.1. The largest absolute Gasteiger partial charge is 0.394 e. The highest BCUT2D eigenvalue weighted by Gasteiger charge is 2.54. The number of nitrogens with one attached hydrogen (secondary N) is 1. The van der Waals surface area contributed by atoms with Gasteiger partial charge < -0.3 is 105 Å². The molecule has 0 saturated carbocycles. The zero-order chi connectivity index (χ0) is 35.6. The summed E-state index contributed by atoms with van der Waals surface area (Å²) in [6.45, 7) is -2.16. The van der Waals surface area contributed by atoms with Gasteiger partial charge in [-0.2, -0.15) is 0 Å². The second-order valence-electron chi connectivity index (χ2n) is 11.9. The van der Waals surface area contributed by atoms with E-state index in [4.69, 9.17) is 33.2 Å². The van der Waals surface area contributed by atoms with Crippen LogP contribution in [0.4, 0.5) is 0 Å².